The zero-order valence-electron chi connectivity index (χ0n) is 19.3. The fourth-order valence-electron chi connectivity index (χ4n) is 3.37. The van der Waals surface area contributed by atoms with Crippen molar-refractivity contribution in [3.8, 4) is 11.5 Å². The number of methoxy groups -OCH3 is 1. The summed E-state index contributed by atoms with van der Waals surface area (Å²) in [4.78, 5) is 38.7. The van der Waals surface area contributed by atoms with E-state index in [-0.39, 0.29) is 17.3 Å². The lowest BCUT2D eigenvalue weighted by Gasteiger charge is -2.13. The van der Waals surface area contributed by atoms with Gasteiger partial charge in [-0.3, -0.25) is 19.3 Å². The second-order valence-corrected chi connectivity index (χ2v) is 9.99. The molecule has 0 spiro atoms. The van der Waals surface area contributed by atoms with Gasteiger partial charge in [-0.2, -0.15) is 0 Å². The highest BCUT2D eigenvalue weighted by Gasteiger charge is 2.36. The quantitative estimate of drug-likeness (QED) is 0.295. The number of thioether (sulfide) groups is 1. The minimum Gasteiger partial charge on any atom is -0.493 e. The molecule has 0 unspecified atom stereocenters. The fourth-order valence-corrected chi connectivity index (χ4v) is 4.64. The molecule has 11 heteroatoms. The molecular formula is C26H19BrClFN2O5S. The first-order valence-electron chi connectivity index (χ1n) is 10.8. The Bertz CT molecular complexity index is 1420. The molecule has 1 heterocycles. The van der Waals surface area contributed by atoms with Gasteiger partial charge >= 0.3 is 0 Å². The number of rotatable bonds is 8. The van der Waals surface area contributed by atoms with E-state index in [4.69, 9.17) is 21.1 Å². The molecule has 0 saturated carbocycles. The van der Waals surface area contributed by atoms with Gasteiger partial charge in [0, 0.05) is 15.7 Å². The molecule has 190 valence electrons. The van der Waals surface area contributed by atoms with Crippen molar-refractivity contribution in [3.63, 3.8) is 0 Å². The van der Waals surface area contributed by atoms with Crippen molar-refractivity contribution in [2.24, 2.45) is 0 Å². The molecule has 1 N–H and O–H groups in total. The first-order valence-corrected chi connectivity index (χ1v) is 12.8. The average molecular weight is 606 g/mol. The Balaban J connectivity index is 1.43. The maximum absolute atomic E-state index is 13.9. The lowest BCUT2D eigenvalue weighted by molar-refractivity contribution is -0.127. The molecule has 1 aliphatic rings. The molecule has 1 aliphatic heterocycles. The normalized spacial score (nSPS) is 14.3. The second-order valence-electron chi connectivity index (χ2n) is 7.74. The molecule has 0 atom stereocenters. The van der Waals surface area contributed by atoms with Gasteiger partial charge in [0.25, 0.3) is 11.1 Å². The predicted molar refractivity (Wildman–Crippen MR) is 144 cm³/mol. The van der Waals surface area contributed by atoms with Gasteiger partial charge in [0.05, 0.1) is 17.0 Å². The monoisotopic (exact) mass is 604 g/mol. The molecule has 7 nitrogen and oxygen atoms in total. The van der Waals surface area contributed by atoms with Crippen LogP contribution in [0.3, 0.4) is 0 Å². The van der Waals surface area contributed by atoms with Gasteiger partial charge in [-0.15, -0.1) is 0 Å². The standard InChI is InChI=1S/C26H19BrClFN2O5S/c1-35-22-10-15(6-9-21(22)36-14-16-4-2-3-5-20(16)29)11-23-25(33)31(26(34)37-23)13-24(32)30-17-7-8-18(27)19(28)12-17/h2-12H,13-14H2,1H3,(H,30,32)/b23-11+. The topological polar surface area (TPSA) is 84.9 Å². The van der Waals surface area contributed by atoms with E-state index in [1.54, 1.807) is 54.6 Å². The van der Waals surface area contributed by atoms with E-state index in [0.29, 0.717) is 37.8 Å². The third kappa shape index (κ3) is 6.51. The van der Waals surface area contributed by atoms with Gasteiger partial charge in [-0.05, 0) is 75.7 Å². The largest absolute Gasteiger partial charge is 0.493 e. The van der Waals surface area contributed by atoms with E-state index < -0.39 is 23.6 Å². The minimum atomic E-state index is -0.585. The summed E-state index contributed by atoms with van der Waals surface area (Å²) in [5, 5.41) is 2.47. The minimum absolute atomic E-state index is 0.00972. The molecule has 0 bridgehead atoms. The number of amides is 3. The molecule has 37 heavy (non-hydrogen) atoms. The van der Waals surface area contributed by atoms with Crippen molar-refractivity contribution < 1.29 is 28.2 Å². The number of anilines is 1. The molecule has 0 aromatic heterocycles. The van der Waals surface area contributed by atoms with Crippen LogP contribution in [0.2, 0.25) is 5.02 Å². The van der Waals surface area contributed by atoms with Crippen LogP contribution in [0.1, 0.15) is 11.1 Å². The SMILES string of the molecule is COc1cc(/C=C2/SC(=O)N(CC(=O)Nc3ccc(Br)c(Cl)c3)C2=O)ccc1OCc1ccccc1F. The number of hydrogen-bond donors (Lipinski definition) is 1. The number of imide groups is 1. The van der Waals surface area contributed by atoms with Crippen molar-refractivity contribution in [2.45, 2.75) is 6.61 Å². The number of nitrogens with zero attached hydrogens (tertiary/aromatic N) is 1. The molecule has 1 saturated heterocycles. The van der Waals surface area contributed by atoms with Gasteiger partial charge in [0.1, 0.15) is 19.0 Å². The smallest absolute Gasteiger partial charge is 0.294 e. The summed E-state index contributed by atoms with van der Waals surface area (Å²) in [6.07, 6.45) is 1.53. The first kappa shape index (κ1) is 26.7. The van der Waals surface area contributed by atoms with Crippen molar-refractivity contribution in [3.05, 3.63) is 92.0 Å². The van der Waals surface area contributed by atoms with Gasteiger partial charge < -0.3 is 14.8 Å². The highest BCUT2D eigenvalue weighted by atomic mass is 79.9. The number of carbonyl (C=O) groups is 3. The molecule has 3 aromatic carbocycles. The van der Waals surface area contributed by atoms with Crippen molar-refractivity contribution >= 4 is 68.1 Å². The fraction of sp³-hybridized carbons (Fsp3) is 0.115. The summed E-state index contributed by atoms with van der Waals surface area (Å²) in [6, 6.07) is 16.1. The molecule has 0 radical (unpaired) electrons. The lowest BCUT2D eigenvalue weighted by Crippen LogP contribution is -2.36. The van der Waals surface area contributed by atoms with Crippen LogP contribution in [0.15, 0.2) is 70.0 Å². The van der Waals surface area contributed by atoms with Gasteiger partial charge in [0.15, 0.2) is 11.5 Å². The van der Waals surface area contributed by atoms with Gasteiger partial charge in [-0.25, -0.2) is 4.39 Å². The van der Waals surface area contributed by atoms with Gasteiger partial charge in [0.2, 0.25) is 5.91 Å². The van der Waals surface area contributed by atoms with Gasteiger partial charge in [-0.1, -0.05) is 35.9 Å². The molecule has 4 rings (SSSR count). The Morgan fingerprint density at radius 1 is 1.14 bits per heavy atom. The van der Waals surface area contributed by atoms with Crippen LogP contribution in [-0.4, -0.2) is 35.6 Å². The number of benzene rings is 3. The Morgan fingerprint density at radius 2 is 1.92 bits per heavy atom. The molecular weight excluding hydrogens is 587 g/mol. The Morgan fingerprint density at radius 3 is 2.65 bits per heavy atom. The van der Waals surface area contributed by atoms with Crippen LogP contribution in [-0.2, 0) is 16.2 Å². The number of ether oxygens (including phenoxy) is 2. The van der Waals surface area contributed by atoms with E-state index >= 15 is 0 Å². The van der Waals surface area contributed by atoms with E-state index in [1.807, 2.05) is 0 Å². The Hall–Kier alpha value is -3.34. The zero-order valence-corrected chi connectivity index (χ0v) is 22.5. The molecule has 0 aliphatic carbocycles. The van der Waals surface area contributed by atoms with Crippen LogP contribution >= 0.6 is 39.3 Å². The second kappa shape index (κ2) is 11.8. The average Bonchev–Trinajstić information content (AvgIpc) is 3.13. The summed E-state index contributed by atoms with van der Waals surface area (Å²) in [6.45, 7) is -0.433. The number of halogens is 3. The highest BCUT2D eigenvalue weighted by Crippen LogP contribution is 2.35. The summed E-state index contributed by atoms with van der Waals surface area (Å²) in [5.74, 6) is -0.737. The maximum Gasteiger partial charge on any atom is 0.294 e. The van der Waals surface area contributed by atoms with Crippen LogP contribution in [0, 0.1) is 5.82 Å². The van der Waals surface area contributed by atoms with Crippen LogP contribution in [0.4, 0.5) is 14.9 Å². The van der Waals surface area contributed by atoms with Crippen LogP contribution < -0.4 is 14.8 Å². The van der Waals surface area contributed by atoms with E-state index in [2.05, 4.69) is 21.2 Å². The zero-order chi connectivity index (χ0) is 26.5. The first-order chi connectivity index (χ1) is 17.7. The summed E-state index contributed by atoms with van der Waals surface area (Å²) in [7, 11) is 1.46. The number of carbonyl (C=O) groups excluding carboxylic acids is 3. The van der Waals surface area contributed by atoms with E-state index in [0.717, 1.165) is 16.7 Å². The van der Waals surface area contributed by atoms with E-state index in [9.17, 15) is 18.8 Å². The molecule has 3 aromatic rings. The third-order valence-electron chi connectivity index (χ3n) is 5.21. The summed E-state index contributed by atoms with van der Waals surface area (Å²) in [5.41, 5.74) is 1.41. The molecule has 1 fully saturated rings. The van der Waals surface area contributed by atoms with Crippen molar-refractivity contribution in [1.82, 2.24) is 4.90 Å². The maximum atomic E-state index is 13.9. The summed E-state index contributed by atoms with van der Waals surface area (Å²) < 4.78 is 25.6. The highest BCUT2D eigenvalue weighted by molar-refractivity contribution is 9.10. The summed E-state index contributed by atoms with van der Waals surface area (Å²) >= 11 is 10.0. The van der Waals surface area contributed by atoms with Crippen molar-refractivity contribution in [1.29, 1.82) is 0 Å². The van der Waals surface area contributed by atoms with Crippen LogP contribution in [0.25, 0.3) is 6.08 Å². The predicted octanol–water partition coefficient (Wildman–Crippen LogP) is 6.50. The third-order valence-corrected chi connectivity index (χ3v) is 7.35. The molecule has 3 amide bonds. The van der Waals surface area contributed by atoms with Crippen molar-refractivity contribution in [2.75, 3.05) is 19.0 Å². The number of hydrogen-bond acceptors (Lipinski definition) is 6. The van der Waals surface area contributed by atoms with E-state index in [1.165, 1.54) is 19.3 Å². The lowest BCUT2D eigenvalue weighted by atomic mass is 10.1. The van der Waals surface area contributed by atoms with Crippen LogP contribution in [0.5, 0.6) is 11.5 Å². The Kier molecular flexibility index (Phi) is 8.52. The number of nitrogens with one attached hydrogen (secondary N) is 1. The Labute approximate surface area is 229 Å².